The van der Waals surface area contributed by atoms with Crippen LogP contribution < -0.4 is 20.0 Å². The lowest BCUT2D eigenvalue weighted by Crippen LogP contribution is -2.49. The lowest BCUT2D eigenvalue weighted by molar-refractivity contribution is -0.120. The first-order valence-corrected chi connectivity index (χ1v) is 23.1. The Morgan fingerprint density at radius 1 is 0.831 bits per heavy atom. The van der Waals surface area contributed by atoms with Crippen LogP contribution in [0.25, 0.3) is 33.4 Å². The van der Waals surface area contributed by atoms with Crippen LogP contribution in [0.4, 0.5) is 21.9 Å². The van der Waals surface area contributed by atoms with Crippen LogP contribution in [0.5, 0.6) is 0 Å². The van der Waals surface area contributed by atoms with Crippen molar-refractivity contribution in [3.63, 3.8) is 0 Å². The summed E-state index contributed by atoms with van der Waals surface area (Å²) in [5.41, 5.74) is 11.4. The number of Topliss-reactive ketones (excluding diaryl/α,β-unsaturated/α-hetero) is 1. The average Bonchev–Trinajstić information content (AvgIpc) is 3.98. The van der Waals surface area contributed by atoms with Crippen molar-refractivity contribution in [1.82, 2.24) is 35.5 Å². The van der Waals surface area contributed by atoms with E-state index in [0.717, 1.165) is 90.5 Å². The van der Waals surface area contributed by atoms with E-state index >= 15 is 0 Å². The fourth-order valence-electron chi connectivity index (χ4n) is 9.67. The van der Waals surface area contributed by atoms with Gasteiger partial charge in [-0.3, -0.25) is 29.8 Å². The third-order valence-electron chi connectivity index (χ3n) is 13.6. The number of hydrogen-bond donors (Lipinski definition) is 2. The summed E-state index contributed by atoms with van der Waals surface area (Å²) in [5.74, 6) is 1.16. The van der Waals surface area contributed by atoms with Gasteiger partial charge in [0.15, 0.2) is 5.65 Å². The zero-order valence-electron chi connectivity index (χ0n) is 38.5. The van der Waals surface area contributed by atoms with Crippen LogP contribution in [0, 0.1) is 19.8 Å². The molecule has 14 heteroatoms. The van der Waals surface area contributed by atoms with E-state index in [0.29, 0.717) is 37.6 Å². The van der Waals surface area contributed by atoms with Gasteiger partial charge in [0.1, 0.15) is 5.69 Å². The fourth-order valence-corrected chi connectivity index (χ4v) is 9.67. The maximum absolute atomic E-state index is 12.9. The molecule has 65 heavy (non-hydrogen) atoms. The second kappa shape index (κ2) is 18.2. The summed E-state index contributed by atoms with van der Waals surface area (Å²) in [6.45, 7) is 20.2. The van der Waals surface area contributed by atoms with Gasteiger partial charge in [-0.05, 0) is 116 Å². The number of benzene rings is 3. The molecule has 0 saturated carbocycles. The van der Waals surface area contributed by atoms with Gasteiger partial charge in [-0.2, -0.15) is 10.1 Å². The van der Waals surface area contributed by atoms with Crippen molar-refractivity contribution in [2.75, 3.05) is 67.1 Å². The Kier molecular flexibility index (Phi) is 12.3. The number of aromatic amines is 1. The van der Waals surface area contributed by atoms with Crippen molar-refractivity contribution in [3.8, 4) is 22.4 Å². The lowest BCUT2D eigenvalue weighted by Gasteiger charge is -2.40. The molecule has 1 atom stereocenters. The van der Waals surface area contributed by atoms with Crippen LogP contribution in [0.15, 0.2) is 77.4 Å². The van der Waals surface area contributed by atoms with Crippen LogP contribution in [0.1, 0.15) is 98.9 Å². The van der Waals surface area contributed by atoms with Gasteiger partial charge in [-0.15, -0.1) is 0 Å². The first-order chi connectivity index (χ1) is 31.3. The zero-order chi connectivity index (χ0) is 45.4. The van der Waals surface area contributed by atoms with Gasteiger partial charge in [0, 0.05) is 110 Å². The van der Waals surface area contributed by atoms with Gasteiger partial charge >= 0.3 is 6.03 Å². The van der Waals surface area contributed by atoms with Gasteiger partial charge in [0.2, 0.25) is 23.4 Å². The summed E-state index contributed by atoms with van der Waals surface area (Å²) in [6.07, 6.45) is 5.61. The highest BCUT2D eigenvalue weighted by molar-refractivity contribution is 6.05. The SMILES string of the molecule is Cc1cc(-c2n[nH]c3ncc(-c4ccc(N5CCN(CC6CCN(c7ccc(N8CCC(=O)NC8=O)cc7)CC6)CC5)c(C)c4)cc23)ccc1[C@@H](C)CCC(=O)c1noc(C(C)(C)C)n1. The normalized spacial score (nSPS) is 17.2. The van der Waals surface area contributed by atoms with Gasteiger partial charge in [0.25, 0.3) is 0 Å². The molecule has 14 nitrogen and oxygen atoms in total. The molecule has 2 N–H and O–H groups in total. The molecular weight excluding hydrogens is 817 g/mol. The van der Waals surface area contributed by atoms with Crippen LogP contribution in [-0.4, -0.2) is 100 Å². The number of anilines is 3. The number of piperidine rings is 1. The highest BCUT2D eigenvalue weighted by atomic mass is 16.5. The van der Waals surface area contributed by atoms with Crippen molar-refractivity contribution in [2.24, 2.45) is 5.92 Å². The number of piperazine rings is 1. The molecule has 0 bridgehead atoms. The van der Waals surface area contributed by atoms with Crippen molar-refractivity contribution < 1.29 is 18.9 Å². The molecule has 3 aromatic heterocycles. The van der Waals surface area contributed by atoms with Crippen LogP contribution in [0.2, 0.25) is 0 Å². The van der Waals surface area contributed by atoms with Gasteiger partial charge in [-0.25, -0.2) is 9.78 Å². The molecular formula is C51H60N10O4. The molecule has 0 unspecified atom stereocenters. The fraction of sp³-hybridized carbons (Fsp3) is 0.431. The second-order valence-electron chi connectivity index (χ2n) is 19.3. The van der Waals surface area contributed by atoms with Gasteiger partial charge in [0.05, 0.1) is 0 Å². The van der Waals surface area contributed by atoms with Crippen molar-refractivity contribution in [1.29, 1.82) is 0 Å². The Bertz CT molecular complexity index is 2700. The molecule has 3 saturated heterocycles. The highest BCUT2D eigenvalue weighted by Crippen LogP contribution is 2.35. The van der Waals surface area contributed by atoms with Crippen LogP contribution >= 0.6 is 0 Å². The molecule has 3 aromatic carbocycles. The number of hydrogen-bond acceptors (Lipinski definition) is 11. The first-order valence-electron chi connectivity index (χ1n) is 23.1. The number of imide groups is 1. The first kappa shape index (κ1) is 43.8. The number of aromatic nitrogens is 5. The maximum atomic E-state index is 12.9. The molecule has 338 valence electrons. The Hall–Kier alpha value is -6.41. The third-order valence-corrected chi connectivity index (χ3v) is 13.6. The largest absolute Gasteiger partial charge is 0.372 e. The standard InChI is InChI=1S/C51H60N10O4/c1-32(7-16-44(62)48-54-49(65-57-48)51(4,5)6)41-14-8-37(27-33(41)2)46-42-29-38(30-52-47(42)56-55-46)36-9-15-43(34(3)28-36)60-25-23-58(24-26-60)31-35-17-20-59(21-18-35)39-10-12-40(13-11-39)61-22-19-45(63)53-50(61)64/h8-15,27-30,32,35H,7,16-26,31H2,1-6H3,(H,52,55,56)(H,53,63,64)/t32-/m0/s1. The number of nitrogens with one attached hydrogen (secondary N) is 2. The van der Waals surface area contributed by atoms with Crippen LogP contribution in [0.3, 0.4) is 0 Å². The number of H-pyrrole nitrogens is 1. The summed E-state index contributed by atoms with van der Waals surface area (Å²) >= 11 is 0. The van der Waals surface area contributed by atoms with E-state index in [2.05, 4.69) is 111 Å². The van der Waals surface area contributed by atoms with Crippen LogP contribution in [-0.2, 0) is 10.2 Å². The molecule has 0 radical (unpaired) electrons. The summed E-state index contributed by atoms with van der Waals surface area (Å²) < 4.78 is 5.34. The molecule has 0 aliphatic carbocycles. The number of aryl methyl sites for hydroxylation is 2. The van der Waals surface area contributed by atoms with E-state index in [1.807, 2.05) is 39.1 Å². The molecule has 6 heterocycles. The quantitative estimate of drug-likeness (QED) is 0.113. The summed E-state index contributed by atoms with van der Waals surface area (Å²) in [7, 11) is 0. The zero-order valence-corrected chi connectivity index (χ0v) is 38.5. The predicted octanol–water partition coefficient (Wildman–Crippen LogP) is 8.84. The van der Waals surface area contributed by atoms with Crippen molar-refractivity contribution in [2.45, 2.75) is 85.0 Å². The number of rotatable bonds is 12. The summed E-state index contributed by atoms with van der Waals surface area (Å²) in [6, 6.07) is 23.2. The number of carbonyl (C=O) groups is 3. The molecule has 3 aliphatic heterocycles. The Balaban J connectivity index is 0.772. The number of nitrogens with zero attached hydrogens (tertiary/aromatic N) is 8. The van der Waals surface area contributed by atoms with E-state index in [-0.39, 0.29) is 34.9 Å². The lowest BCUT2D eigenvalue weighted by atomic mass is 9.90. The number of carbonyl (C=O) groups excluding carboxylic acids is 3. The number of urea groups is 1. The monoisotopic (exact) mass is 876 g/mol. The minimum atomic E-state index is -0.348. The minimum Gasteiger partial charge on any atom is -0.372 e. The predicted molar refractivity (Wildman–Crippen MR) is 255 cm³/mol. The summed E-state index contributed by atoms with van der Waals surface area (Å²) in [5, 5.41) is 15.2. The molecule has 6 aromatic rings. The topological polar surface area (TPSA) is 157 Å². The molecule has 3 aliphatic rings. The third kappa shape index (κ3) is 9.54. The van der Waals surface area contributed by atoms with E-state index in [1.165, 1.54) is 35.3 Å². The second-order valence-corrected chi connectivity index (χ2v) is 19.3. The Morgan fingerprint density at radius 2 is 1.55 bits per heavy atom. The minimum absolute atomic E-state index is 0.102. The van der Waals surface area contributed by atoms with Gasteiger partial charge < -0.3 is 14.3 Å². The number of pyridine rings is 1. The number of fused-ring (bicyclic) bond motifs is 1. The summed E-state index contributed by atoms with van der Waals surface area (Å²) in [4.78, 5) is 55.1. The Morgan fingerprint density at radius 3 is 2.25 bits per heavy atom. The number of amides is 3. The van der Waals surface area contributed by atoms with E-state index in [4.69, 9.17) is 14.6 Å². The maximum Gasteiger partial charge on any atom is 0.328 e. The van der Waals surface area contributed by atoms with E-state index in [9.17, 15) is 14.4 Å². The van der Waals surface area contributed by atoms with Crippen molar-refractivity contribution in [3.05, 3.63) is 101 Å². The molecule has 9 rings (SSSR count). The smallest absolute Gasteiger partial charge is 0.328 e. The van der Waals surface area contributed by atoms with E-state index in [1.54, 1.807) is 4.90 Å². The van der Waals surface area contributed by atoms with Gasteiger partial charge in [-0.1, -0.05) is 51.1 Å². The average molecular weight is 877 g/mol. The Labute approximate surface area is 380 Å². The molecule has 3 amide bonds. The highest BCUT2D eigenvalue weighted by Gasteiger charge is 2.28. The molecule has 3 fully saturated rings. The number of ketones is 1. The molecule has 0 spiro atoms. The van der Waals surface area contributed by atoms with Crippen molar-refractivity contribution >= 4 is 45.8 Å². The van der Waals surface area contributed by atoms with E-state index < -0.39 is 0 Å².